The first-order valence-corrected chi connectivity index (χ1v) is 8.02. The minimum Gasteiger partial charge on any atom is -0.434 e. The van der Waals surface area contributed by atoms with Gasteiger partial charge in [-0.15, -0.1) is 10.0 Å². The van der Waals surface area contributed by atoms with Crippen molar-refractivity contribution in [3.63, 3.8) is 0 Å². The molecule has 0 saturated heterocycles. The molecule has 11 heteroatoms. The maximum atomic E-state index is 12.8. The molecule has 0 atom stereocenters. The second-order valence-electron chi connectivity index (χ2n) is 4.87. The molecule has 0 radical (unpaired) electrons. The van der Waals surface area contributed by atoms with Crippen LogP contribution in [-0.4, -0.2) is 22.4 Å². The Morgan fingerprint density at radius 1 is 1.40 bits per heavy atom. The number of rotatable bonds is 4. The van der Waals surface area contributed by atoms with Crippen LogP contribution in [0.25, 0.3) is 0 Å². The fourth-order valence-corrected chi connectivity index (χ4v) is 2.67. The van der Waals surface area contributed by atoms with Crippen LogP contribution in [0.5, 0.6) is 11.6 Å². The first kappa shape index (κ1) is 19.1. The van der Waals surface area contributed by atoms with Gasteiger partial charge in [-0.2, -0.15) is 17.9 Å². The van der Waals surface area contributed by atoms with Gasteiger partial charge in [-0.05, 0) is 53.7 Å². The van der Waals surface area contributed by atoms with Gasteiger partial charge in [-0.3, -0.25) is 0 Å². The average Bonchev–Trinajstić information content (AvgIpc) is 2.89. The van der Waals surface area contributed by atoms with Crippen LogP contribution in [0.1, 0.15) is 18.2 Å². The molecule has 134 valence electrons. The van der Waals surface area contributed by atoms with Crippen LogP contribution in [0, 0.1) is 15.4 Å². The van der Waals surface area contributed by atoms with Crippen molar-refractivity contribution in [2.75, 3.05) is 6.54 Å². The van der Waals surface area contributed by atoms with E-state index in [-0.39, 0.29) is 15.2 Å². The van der Waals surface area contributed by atoms with Gasteiger partial charge in [0.1, 0.15) is 0 Å². The maximum absolute atomic E-state index is 12.8. The molecule has 0 bridgehead atoms. The lowest BCUT2D eigenvalue weighted by Gasteiger charge is -2.11. The number of ether oxygens (including phenoxy) is 1. The lowest BCUT2D eigenvalue weighted by molar-refractivity contribution is -0.137. The van der Waals surface area contributed by atoms with E-state index in [0.717, 1.165) is 10.7 Å². The second kappa shape index (κ2) is 7.37. The molecular weight excluding hydrogens is 456 g/mol. The van der Waals surface area contributed by atoms with Crippen molar-refractivity contribution >= 4 is 34.3 Å². The molecular formula is C14H12F3IN4O3. The van der Waals surface area contributed by atoms with Crippen molar-refractivity contribution in [1.29, 1.82) is 0 Å². The second-order valence-corrected chi connectivity index (χ2v) is 6.03. The molecule has 2 rings (SSSR count). The first-order valence-electron chi connectivity index (χ1n) is 6.94. The zero-order valence-electron chi connectivity index (χ0n) is 13.0. The van der Waals surface area contributed by atoms with Gasteiger partial charge in [0.05, 0.1) is 14.8 Å². The van der Waals surface area contributed by atoms with Crippen LogP contribution in [0.15, 0.2) is 23.4 Å². The van der Waals surface area contributed by atoms with E-state index in [9.17, 15) is 22.9 Å². The SMILES string of the molecule is CCNC(=O)n1nc(Oc2c(I)cc(C(F)(F)F)cc2N=O)cc1C. The van der Waals surface area contributed by atoms with Gasteiger partial charge in [-0.25, -0.2) is 4.79 Å². The molecule has 7 nitrogen and oxygen atoms in total. The Labute approximate surface area is 153 Å². The number of aryl methyl sites for hydroxylation is 1. The fraction of sp³-hybridized carbons (Fsp3) is 0.286. The number of hydrogen-bond donors (Lipinski definition) is 1. The third-order valence-corrected chi connectivity index (χ3v) is 3.84. The van der Waals surface area contributed by atoms with E-state index in [1.165, 1.54) is 6.07 Å². The Balaban J connectivity index is 2.39. The summed E-state index contributed by atoms with van der Waals surface area (Å²) in [5.74, 6) is -0.213. The zero-order chi connectivity index (χ0) is 18.8. The topological polar surface area (TPSA) is 85.6 Å². The highest BCUT2D eigenvalue weighted by Crippen LogP contribution is 2.41. The summed E-state index contributed by atoms with van der Waals surface area (Å²) in [6, 6.07) is 2.36. The summed E-state index contributed by atoms with van der Waals surface area (Å²) in [5.41, 5.74) is -1.07. The molecule has 1 heterocycles. The Morgan fingerprint density at radius 2 is 2.08 bits per heavy atom. The predicted molar refractivity (Wildman–Crippen MR) is 91.1 cm³/mol. The largest absolute Gasteiger partial charge is 0.434 e. The summed E-state index contributed by atoms with van der Waals surface area (Å²) < 4.78 is 44.9. The van der Waals surface area contributed by atoms with Gasteiger partial charge in [0.2, 0.25) is 5.88 Å². The van der Waals surface area contributed by atoms with Crippen molar-refractivity contribution in [3.05, 3.63) is 37.9 Å². The van der Waals surface area contributed by atoms with E-state index < -0.39 is 23.5 Å². The molecule has 1 N–H and O–H groups in total. The summed E-state index contributed by atoms with van der Waals surface area (Å²) in [4.78, 5) is 22.7. The van der Waals surface area contributed by atoms with Gasteiger partial charge in [0.25, 0.3) is 0 Å². The van der Waals surface area contributed by atoms with E-state index in [0.29, 0.717) is 18.3 Å². The minimum absolute atomic E-state index is 0.0345. The highest BCUT2D eigenvalue weighted by Gasteiger charge is 2.33. The third-order valence-electron chi connectivity index (χ3n) is 3.04. The van der Waals surface area contributed by atoms with Gasteiger partial charge in [-0.1, -0.05) is 0 Å². The summed E-state index contributed by atoms with van der Waals surface area (Å²) in [6.45, 7) is 3.73. The molecule has 0 aliphatic heterocycles. The number of nitrogens with zero attached hydrogens (tertiary/aromatic N) is 3. The molecule has 1 aromatic carbocycles. The van der Waals surface area contributed by atoms with Crippen LogP contribution in [-0.2, 0) is 6.18 Å². The zero-order valence-corrected chi connectivity index (χ0v) is 15.2. The van der Waals surface area contributed by atoms with Crippen LogP contribution >= 0.6 is 22.6 Å². The van der Waals surface area contributed by atoms with E-state index >= 15 is 0 Å². The lowest BCUT2D eigenvalue weighted by Crippen LogP contribution is -2.29. The van der Waals surface area contributed by atoms with Crippen LogP contribution < -0.4 is 10.1 Å². The summed E-state index contributed by atoms with van der Waals surface area (Å²) in [6.07, 6.45) is -4.62. The number of nitroso groups, excluding NO2 is 1. The summed E-state index contributed by atoms with van der Waals surface area (Å²) >= 11 is 1.61. The minimum atomic E-state index is -4.62. The maximum Gasteiger partial charge on any atom is 0.416 e. The van der Waals surface area contributed by atoms with Crippen LogP contribution in [0.3, 0.4) is 0 Å². The molecule has 1 aromatic heterocycles. The normalized spacial score (nSPS) is 11.3. The quantitative estimate of drug-likeness (QED) is 0.526. The molecule has 0 fully saturated rings. The fourth-order valence-electron chi connectivity index (χ4n) is 1.94. The van der Waals surface area contributed by atoms with Crippen LogP contribution in [0.2, 0.25) is 0 Å². The van der Waals surface area contributed by atoms with Gasteiger partial charge < -0.3 is 10.1 Å². The predicted octanol–water partition coefficient (Wildman–Crippen LogP) is 4.58. The van der Waals surface area contributed by atoms with E-state index in [2.05, 4.69) is 15.6 Å². The van der Waals surface area contributed by atoms with Crippen LogP contribution in [0.4, 0.5) is 23.7 Å². The molecule has 0 saturated carbocycles. The Hall–Kier alpha value is -2.18. The van der Waals surface area contributed by atoms with Crippen molar-refractivity contribution < 1.29 is 22.7 Å². The highest BCUT2D eigenvalue weighted by atomic mass is 127. The first-order chi connectivity index (χ1) is 11.7. The summed E-state index contributed by atoms with van der Waals surface area (Å²) in [7, 11) is 0. The van der Waals surface area contributed by atoms with Crippen molar-refractivity contribution in [3.8, 4) is 11.6 Å². The number of benzene rings is 1. The molecule has 25 heavy (non-hydrogen) atoms. The monoisotopic (exact) mass is 468 g/mol. The Bertz CT molecular complexity index is 820. The number of nitrogens with one attached hydrogen (secondary N) is 1. The number of hydrogen-bond acceptors (Lipinski definition) is 5. The smallest absolute Gasteiger partial charge is 0.416 e. The Kier molecular flexibility index (Phi) is 5.65. The standard InChI is InChI=1S/C14H12F3IN4O3/c1-3-19-13(23)22-7(2)4-11(20-22)25-12-9(18)5-8(14(15,16)17)6-10(12)21-24/h4-6H,3H2,1-2H3,(H,19,23). The number of alkyl halides is 3. The van der Waals surface area contributed by atoms with E-state index in [1.807, 2.05) is 0 Å². The Morgan fingerprint density at radius 3 is 2.64 bits per heavy atom. The van der Waals surface area contributed by atoms with Gasteiger partial charge in [0.15, 0.2) is 11.4 Å². The molecule has 0 unspecified atom stereocenters. The van der Waals surface area contributed by atoms with Gasteiger partial charge >= 0.3 is 12.2 Å². The highest BCUT2D eigenvalue weighted by molar-refractivity contribution is 14.1. The average molecular weight is 468 g/mol. The van der Waals surface area contributed by atoms with E-state index in [1.54, 1.807) is 36.4 Å². The molecule has 0 aliphatic carbocycles. The van der Waals surface area contributed by atoms with Crippen molar-refractivity contribution in [2.45, 2.75) is 20.0 Å². The number of aromatic nitrogens is 2. The third kappa shape index (κ3) is 4.27. The van der Waals surface area contributed by atoms with Crippen molar-refractivity contribution in [1.82, 2.24) is 15.1 Å². The van der Waals surface area contributed by atoms with Crippen molar-refractivity contribution in [2.24, 2.45) is 5.18 Å². The van der Waals surface area contributed by atoms with E-state index in [4.69, 9.17) is 4.74 Å². The molecule has 1 amide bonds. The number of halogens is 4. The van der Waals surface area contributed by atoms with Gasteiger partial charge in [0, 0.05) is 12.6 Å². The molecule has 2 aromatic rings. The molecule has 0 spiro atoms. The number of carbonyl (C=O) groups excluding carboxylic acids is 1. The number of carbonyl (C=O) groups is 1. The lowest BCUT2D eigenvalue weighted by atomic mass is 10.2. The summed E-state index contributed by atoms with van der Waals surface area (Å²) in [5, 5.41) is 9.08. The molecule has 0 aliphatic rings. The number of amides is 1.